The Labute approximate surface area is 85.7 Å². The molecule has 0 aromatic carbocycles. The van der Waals surface area contributed by atoms with E-state index in [0.717, 1.165) is 0 Å². The number of nitrogen functional groups attached to an aromatic ring is 3. The third-order valence-corrected chi connectivity index (χ3v) is 1.21. The Morgan fingerprint density at radius 3 is 1.47 bits per heavy atom. The van der Waals surface area contributed by atoms with Crippen LogP contribution in [0, 0.1) is 0 Å². The van der Waals surface area contributed by atoms with Crippen LogP contribution < -0.4 is 17.2 Å². The van der Waals surface area contributed by atoms with Gasteiger partial charge in [-0.2, -0.15) is 15.0 Å². The summed E-state index contributed by atoms with van der Waals surface area (Å²) in [7, 11) is -2.35. The van der Waals surface area contributed by atoms with Crippen molar-refractivity contribution in [2.75, 3.05) is 24.0 Å². The van der Waals surface area contributed by atoms with Gasteiger partial charge in [0.2, 0.25) is 17.8 Å². The van der Waals surface area contributed by atoms with Gasteiger partial charge in [0, 0.05) is 0 Å². The van der Waals surface area contributed by atoms with E-state index in [9.17, 15) is 0 Å². The molecule has 0 amide bonds. The lowest BCUT2D eigenvalue weighted by molar-refractivity contribution is 0.0853. The van der Waals surface area contributed by atoms with Crippen molar-refractivity contribution in [2.24, 2.45) is 0 Å². The normalized spacial score (nSPS) is 9.60. The Morgan fingerprint density at radius 2 is 1.33 bits per heavy atom. The predicted octanol–water partition coefficient (Wildman–Crippen LogP) is -2.22. The summed E-state index contributed by atoms with van der Waals surface area (Å²) in [5.74, 6) is 0.125. The highest BCUT2D eigenvalue weighted by Gasteiger charge is 1.94. The summed E-state index contributed by atoms with van der Waals surface area (Å²) in [6, 6.07) is 0. The van der Waals surface area contributed by atoms with Gasteiger partial charge in [-0.05, 0) is 0 Å². The topological polar surface area (TPSA) is 187 Å². The Hall–Kier alpha value is -1.32. The smallest absolute Gasteiger partial charge is 0.329 e. The van der Waals surface area contributed by atoms with Crippen molar-refractivity contribution in [1.82, 2.24) is 15.0 Å². The Balaban J connectivity index is 0.000000288. The van der Waals surface area contributed by atoms with E-state index < -0.39 is 15.4 Å². The average molecular weight is 238 g/mol. The molecule has 11 heteroatoms. The zero-order valence-corrected chi connectivity index (χ0v) is 8.37. The van der Waals surface area contributed by atoms with Gasteiger partial charge in [-0.1, -0.05) is 0 Å². The van der Waals surface area contributed by atoms with E-state index >= 15 is 0 Å². The van der Waals surface area contributed by atoms with Crippen LogP contribution in [-0.4, -0.2) is 36.6 Å². The first kappa shape index (κ1) is 13.7. The van der Waals surface area contributed by atoms with E-state index in [-0.39, 0.29) is 17.8 Å². The molecular weight excluding hydrogens is 227 g/mol. The number of nitrogens with two attached hydrogens (primary N) is 3. The van der Waals surface area contributed by atoms with Gasteiger partial charge in [-0.15, -0.1) is 0 Å². The molecule has 1 aromatic heterocycles. The quantitative estimate of drug-likeness (QED) is 0.243. The Bertz CT molecular complexity index is 248. The molecule has 0 bridgehead atoms. The Morgan fingerprint density at radius 1 is 1.00 bits per heavy atom. The second-order valence-corrected chi connectivity index (χ2v) is 2.68. The summed E-state index contributed by atoms with van der Waals surface area (Å²) < 4.78 is 3.77. The van der Waals surface area contributed by atoms with Crippen molar-refractivity contribution in [2.45, 2.75) is 0 Å². The van der Waals surface area contributed by atoms with Gasteiger partial charge in [0.25, 0.3) is 0 Å². The number of aliphatic hydroxyl groups is 1. The first-order valence-corrected chi connectivity index (χ1v) is 4.56. The molecule has 1 rings (SSSR count). The maximum atomic E-state index is 7.79. The van der Waals surface area contributed by atoms with E-state index in [4.69, 9.17) is 32.1 Å². The second-order valence-electron chi connectivity index (χ2n) is 1.92. The first-order valence-electron chi connectivity index (χ1n) is 3.40. The molecular formula is C4H11N6O4P. The zero-order valence-electron chi connectivity index (χ0n) is 7.48. The predicted molar refractivity (Wildman–Crippen MR) is 52.6 cm³/mol. The third kappa shape index (κ3) is 7.73. The molecule has 9 N–H and O–H groups in total. The summed E-state index contributed by atoms with van der Waals surface area (Å²) in [6.45, 7) is -0.640. The molecule has 1 heterocycles. The van der Waals surface area contributed by atoms with Crippen LogP contribution in [0.3, 0.4) is 0 Å². The Kier molecular flexibility index (Phi) is 6.42. The van der Waals surface area contributed by atoms with Crippen molar-refractivity contribution in [3.8, 4) is 0 Å². The molecule has 0 fully saturated rings. The van der Waals surface area contributed by atoms with Gasteiger partial charge in [-0.25, -0.2) is 0 Å². The summed E-state index contributed by atoms with van der Waals surface area (Å²) in [4.78, 5) is 26.0. The van der Waals surface area contributed by atoms with E-state index in [1.807, 2.05) is 0 Å². The lowest BCUT2D eigenvalue weighted by Gasteiger charge is -1.94. The summed E-state index contributed by atoms with van der Waals surface area (Å²) in [5, 5.41) is 7.71. The van der Waals surface area contributed by atoms with Crippen LogP contribution in [-0.2, 0) is 4.52 Å². The number of aliphatic hydroxyl groups excluding tert-OH is 1. The molecule has 1 aromatic rings. The van der Waals surface area contributed by atoms with Gasteiger partial charge in [0.1, 0.15) is 0 Å². The molecule has 86 valence electrons. The van der Waals surface area contributed by atoms with E-state index in [1.165, 1.54) is 0 Å². The molecule has 0 spiro atoms. The molecule has 0 atom stereocenters. The highest BCUT2D eigenvalue weighted by atomic mass is 31.2. The van der Waals surface area contributed by atoms with Crippen LogP contribution in [0.2, 0.25) is 0 Å². The third-order valence-electron chi connectivity index (χ3n) is 0.861. The van der Waals surface area contributed by atoms with Crippen molar-refractivity contribution in [3.63, 3.8) is 0 Å². The number of hydrogen-bond donors (Lipinski definition) is 6. The lowest BCUT2D eigenvalue weighted by Crippen LogP contribution is -2.05. The maximum absolute atomic E-state index is 7.79. The van der Waals surface area contributed by atoms with E-state index in [0.29, 0.717) is 0 Å². The number of aromatic nitrogens is 3. The number of nitrogens with zero attached hydrogens (tertiary/aromatic N) is 3. The van der Waals surface area contributed by atoms with Crippen LogP contribution in [0.1, 0.15) is 0 Å². The first-order chi connectivity index (χ1) is 6.95. The van der Waals surface area contributed by atoms with Gasteiger partial charge in [-0.3, -0.25) is 4.52 Å². The molecule has 0 aliphatic rings. The molecule has 15 heavy (non-hydrogen) atoms. The van der Waals surface area contributed by atoms with E-state index in [1.54, 1.807) is 0 Å². The molecule has 0 aliphatic heterocycles. The minimum Gasteiger partial charge on any atom is -0.370 e. The van der Waals surface area contributed by atoms with Gasteiger partial charge < -0.3 is 32.1 Å². The zero-order chi connectivity index (χ0) is 11.8. The summed E-state index contributed by atoms with van der Waals surface area (Å²) >= 11 is 0. The second kappa shape index (κ2) is 7.04. The summed E-state index contributed by atoms with van der Waals surface area (Å²) in [5.41, 5.74) is 15.4. The highest BCUT2D eigenvalue weighted by Crippen LogP contribution is 2.22. The maximum Gasteiger partial charge on any atom is 0.329 e. The highest BCUT2D eigenvalue weighted by molar-refractivity contribution is 7.39. The fraction of sp³-hybridized carbons (Fsp3) is 0.250. The minimum absolute atomic E-state index is 0.0417. The van der Waals surface area contributed by atoms with Crippen LogP contribution in [0.25, 0.3) is 0 Å². The van der Waals surface area contributed by atoms with Crippen LogP contribution in [0.4, 0.5) is 17.8 Å². The van der Waals surface area contributed by atoms with Gasteiger partial charge >= 0.3 is 8.60 Å². The molecule has 10 nitrogen and oxygen atoms in total. The lowest BCUT2D eigenvalue weighted by atomic mass is 10.9. The monoisotopic (exact) mass is 238 g/mol. The fourth-order valence-electron chi connectivity index (χ4n) is 0.479. The summed E-state index contributed by atoms with van der Waals surface area (Å²) in [6.07, 6.45) is 0. The minimum atomic E-state index is -2.35. The number of anilines is 3. The molecule has 0 saturated carbocycles. The standard InChI is InChI=1S/C3H6N6.CH5O4P/c4-1-7-2(5)9-3(6)8-1;2-1-5-6(3)4/h(H6,4,5,6,7,8,9);2-4H,1H2. The number of hydrogen-bond acceptors (Lipinski definition) is 10. The van der Waals surface area contributed by atoms with Crippen molar-refractivity contribution < 1.29 is 19.4 Å². The number of rotatable bonds is 2. The fourth-order valence-corrected chi connectivity index (χ4v) is 0.582. The van der Waals surface area contributed by atoms with Crippen molar-refractivity contribution in [3.05, 3.63) is 0 Å². The van der Waals surface area contributed by atoms with Gasteiger partial charge in [0.15, 0.2) is 6.79 Å². The van der Waals surface area contributed by atoms with Crippen molar-refractivity contribution in [1.29, 1.82) is 0 Å². The largest absolute Gasteiger partial charge is 0.370 e. The molecule has 0 aliphatic carbocycles. The van der Waals surface area contributed by atoms with E-state index in [2.05, 4.69) is 19.5 Å². The SMILES string of the molecule is Nc1nc(N)nc(N)n1.OCOP(O)O. The molecule has 0 unspecified atom stereocenters. The van der Waals surface area contributed by atoms with Crippen molar-refractivity contribution >= 4 is 26.4 Å². The molecule has 0 radical (unpaired) electrons. The van der Waals surface area contributed by atoms with Crippen LogP contribution in [0.15, 0.2) is 0 Å². The van der Waals surface area contributed by atoms with Crippen LogP contribution in [0.5, 0.6) is 0 Å². The average Bonchev–Trinajstić information content (AvgIpc) is 2.00. The van der Waals surface area contributed by atoms with Gasteiger partial charge in [0.05, 0.1) is 0 Å². The van der Waals surface area contributed by atoms with Crippen LogP contribution >= 0.6 is 8.60 Å². The molecule has 0 saturated heterocycles.